The molecular formula is C23H22F3NO3. The fraction of sp³-hybridized carbons (Fsp3) is 0.348. The van der Waals surface area contributed by atoms with Crippen molar-refractivity contribution in [1.82, 2.24) is 0 Å². The van der Waals surface area contributed by atoms with Crippen LogP contribution in [0.25, 0.3) is 6.08 Å². The van der Waals surface area contributed by atoms with E-state index in [9.17, 15) is 18.0 Å². The molecule has 0 radical (unpaired) electrons. The summed E-state index contributed by atoms with van der Waals surface area (Å²) in [6.45, 7) is 1.49. The second kappa shape index (κ2) is 8.42. The van der Waals surface area contributed by atoms with E-state index in [0.29, 0.717) is 35.7 Å². The summed E-state index contributed by atoms with van der Waals surface area (Å²) in [7, 11) is 0. The molecule has 0 aliphatic carbocycles. The highest BCUT2D eigenvalue weighted by Gasteiger charge is 2.35. The summed E-state index contributed by atoms with van der Waals surface area (Å²) in [6, 6.07) is 9.56. The number of anilines is 1. The van der Waals surface area contributed by atoms with Gasteiger partial charge in [-0.15, -0.1) is 0 Å². The molecule has 158 valence electrons. The molecule has 2 heterocycles. The third kappa shape index (κ3) is 4.45. The summed E-state index contributed by atoms with van der Waals surface area (Å²) < 4.78 is 52.3. The molecule has 4 nitrogen and oxygen atoms in total. The van der Waals surface area contributed by atoms with Gasteiger partial charge < -0.3 is 14.4 Å². The summed E-state index contributed by atoms with van der Waals surface area (Å²) in [5.41, 5.74) is 1.38. The highest BCUT2D eigenvalue weighted by molar-refractivity contribution is 5.84. The SMILES string of the molecule is O=CC1=Cc2ccc(OCc3ccc(N4CCCCC4)c(C(F)(F)F)c3)cc2OC1. The van der Waals surface area contributed by atoms with E-state index in [1.165, 1.54) is 6.07 Å². The van der Waals surface area contributed by atoms with Crippen LogP contribution < -0.4 is 14.4 Å². The van der Waals surface area contributed by atoms with Gasteiger partial charge in [0.05, 0.1) is 5.56 Å². The number of alkyl halides is 3. The summed E-state index contributed by atoms with van der Waals surface area (Å²) in [6.07, 6.45) is 0.938. The highest BCUT2D eigenvalue weighted by Crippen LogP contribution is 2.38. The molecular weight excluding hydrogens is 395 g/mol. The number of hydrogen-bond donors (Lipinski definition) is 0. The molecule has 2 aliphatic heterocycles. The first-order valence-corrected chi connectivity index (χ1v) is 9.94. The molecule has 7 heteroatoms. The molecule has 2 aliphatic rings. The van der Waals surface area contributed by atoms with Gasteiger partial charge in [0.25, 0.3) is 0 Å². The zero-order valence-electron chi connectivity index (χ0n) is 16.4. The van der Waals surface area contributed by atoms with E-state index >= 15 is 0 Å². The van der Waals surface area contributed by atoms with E-state index in [4.69, 9.17) is 9.47 Å². The number of nitrogens with zero attached hydrogens (tertiary/aromatic N) is 1. The summed E-state index contributed by atoms with van der Waals surface area (Å²) >= 11 is 0. The van der Waals surface area contributed by atoms with E-state index in [1.807, 2.05) is 4.90 Å². The molecule has 0 unspecified atom stereocenters. The lowest BCUT2D eigenvalue weighted by Gasteiger charge is -2.31. The van der Waals surface area contributed by atoms with E-state index < -0.39 is 11.7 Å². The quantitative estimate of drug-likeness (QED) is 0.623. The molecule has 0 amide bonds. The predicted octanol–water partition coefficient (Wildman–Crippen LogP) is 5.25. The number of fused-ring (bicyclic) bond motifs is 1. The van der Waals surface area contributed by atoms with E-state index in [0.717, 1.165) is 31.1 Å². The Morgan fingerprint density at radius 1 is 1.07 bits per heavy atom. The maximum atomic E-state index is 13.7. The highest BCUT2D eigenvalue weighted by atomic mass is 19.4. The largest absolute Gasteiger partial charge is 0.489 e. The first-order valence-electron chi connectivity index (χ1n) is 9.94. The van der Waals surface area contributed by atoms with Crippen molar-refractivity contribution in [2.45, 2.75) is 32.0 Å². The first kappa shape index (κ1) is 20.3. The van der Waals surface area contributed by atoms with Crippen LogP contribution in [0.4, 0.5) is 18.9 Å². The second-order valence-electron chi connectivity index (χ2n) is 7.51. The van der Waals surface area contributed by atoms with Gasteiger partial charge in [-0.3, -0.25) is 4.79 Å². The van der Waals surface area contributed by atoms with Gasteiger partial charge in [-0.2, -0.15) is 13.2 Å². The van der Waals surface area contributed by atoms with Crippen molar-refractivity contribution in [1.29, 1.82) is 0 Å². The van der Waals surface area contributed by atoms with Gasteiger partial charge >= 0.3 is 6.18 Å². The maximum absolute atomic E-state index is 13.7. The summed E-state index contributed by atoms with van der Waals surface area (Å²) in [4.78, 5) is 12.7. The number of hydrogen-bond acceptors (Lipinski definition) is 4. The third-order valence-corrected chi connectivity index (χ3v) is 5.34. The van der Waals surface area contributed by atoms with Crippen molar-refractivity contribution >= 4 is 18.0 Å². The van der Waals surface area contributed by atoms with Crippen LogP contribution in [0.1, 0.15) is 36.0 Å². The molecule has 30 heavy (non-hydrogen) atoms. The lowest BCUT2D eigenvalue weighted by atomic mass is 10.0. The Bertz CT molecular complexity index is 963. The molecule has 1 saturated heterocycles. The Hall–Kier alpha value is -2.96. The minimum atomic E-state index is -4.43. The minimum Gasteiger partial charge on any atom is -0.489 e. The zero-order valence-corrected chi connectivity index (χ0v) is 16.4. The van der Waals surface area contributed by atoms with Crippen molar-refractivity contribution in [3.63, 3.8) is 0 Å². The Morgan fingerprint density at radius 3 is 2.60 bits per heavy atom. The number of benzene rings is 2. The number of carbonyl (C=O) groups is 1. The molecule has 0 atom stereocenters. The fourth-order valence-electron chi connectivity index (χ4n) is 3.80. The smallest absolute Gasteiger partial charge is 0.418 e. The molecule has 2 aromatic carbocycles. The van der Waals surface area contributed by atoms with Crippen LogP contribution in [0, 0.1) is 0 Å². The van der Waals surface area contributed by atoms with Gasteiger partial charge in [0.2, 0.25) is 0 Å². The molecule has 0 aromatic heterocycles. The Balaban J connectivity index is 1.51. The molecule has 2 aromatic rings. The number of rotatable bonds is 5. The van der Waals surface area contributed by atoms with E-state index in [2.05, 4.69) is 0 Å². The zero-order chi connectivity index (χ0) is 21.1. The van der Waals surface area contributed by atoms with Gasteiger partial charge in [0.15, 0.2) is 0 Å². The van der Waals surface area contributed by atoms with E-state index in [1.54, 1.807) is 36.4 Å². The van der Waals surface area contributed by atoms with Crippen molar-refractivity contribution in [3.05, 3.63) is 58.7 Å². The second-order valence-corrected chi connectivity index (χ2v) is 7.51. The first-order chi connectivity index (χ1) is 14.4. The standard InChI is InChI=1S/C23H22F3NO3/c24-23(25,26)20-11-16(4-7-21(20)27-8-2-1-3-9-27)14-29-19-6-5-18-10-17(13-28)15-30-22(18)12-19/h4-7,10-13H,1-3,8-9,14-15H2. The van der Waals surface area contributed by atoms with Crippen LogP contribution in [0.15, 0.2) is 42.0 Å². The van der Waals surface area contributed by atoms with Crippen molar-refractivity contribution in [2.75, 3.05) is 24.6 Å². The molecule has 0 saturated carbocycles. The molecule has 0 spiro atoms. The summed E-state index contributed by atoms with van der Waals surface area (Å²) in [5, 5.41) is 0. The Labute approximate surface area is 172 Å². The van der Waals surface area contributed by atoms with Crippen molar-refractivity contribution in [2.24, 2.45) is 0 Å². The van der Waals surface area contributed by atoms with E-state index in [-0.39, 0.29) is 18.9 Å². The van der Waals surface area contributed by atoms with Gasteiger partial charge in [-0.1, -0.05) is 6.07 Å². The van der Waals surface area contributed by atoms with Crippen LogP contribution in [-0.4, -0.2) is 26.0 Å². The predicted molar refractivity (Wildman–Crippen MR) is 108 cm³/mol. The average Bonchev–Trinajstić information content (AvgIpc) is 2.77. The van der Waals surface area contributed by atoms with Crippen LogP contribution in [-0.2, 0) is 17.6 Å². The Kier molecular flexibility index (Phi) is 5.70. The van der Waals surface area contributed by atoms with Gasteiger partial charge in [-0.25, -0.2) is 0 Å². The molecule has 0 bridgehead atoms. The van der Waals surface area contributed by atoms with Gasteiger partial charge in [-0.05, 0) is 55.2 Å². The number of carbonyl (C=O) groups excluding carboxylic acids is 1. The normalized spacial score (nSPS) is 16.4. The van der Waals surface area contributed by atoms with Crippen LogP contribution >= 0.6 is 0 Å². The third-order valence-electron chi connectivity index (χ3n) is 5.34. The average molecular weight is 417 g/mol. The lowest BCUT2D eigenvalue weighted by Crippen LogP contribution is -2.31. The van der Waals surface area contributed by atoms with Crippen LogP contribution in [0.2, 0.25) is 0 Å². The molecule has 4 rings (SSSR count). The lowest BCUT2D eigenvalue weighted by molar-refractivity contribution is -0.137. The number of ether oxygens (including phenoxy) is 2. The van der Waals surface area contributed by atoms with Crippen LogP contribution in [0.3, 0.4) is 0 Å². The number of piperidine rings is 1. The monoisotopic (exact) mass is 417 g/mol. The summed E-state index contributed by atoms with van der Waals surface area (Å²) in [5.74, 6) is 1.07. The number of halogens is 3. The fourth-order valence-corrected chi connectivity index (χ4v) is 3.80. The molecule has 0 N–H and O–H groups in total. The van der Waals surface area contributed by atoms with Gasteiger partial charge in [0, 0.05) is 36.0 Å². The topological polar surface area (TPSA) is 38.8 Å². The minimum absolute atomic E-state index is 0.0115. The van der Waals surface area contributed by atoms with Crippen LogP contribution in [0.5, 0.6) is 11.5 Å². The maximum Gasteiger partial charge on any atom is 0.418 e. The Morgan fingerprint density at radius 2 is 1.87 bits per heavy atom. The molecule has 1 fully saturated rings. The van der Waals surface area contributed by atoms with Gasteiger partial charge in [0.1, 0.15) is 31.0 Å². The van der Waals surface area contributed by atoms with Crippen molar-refractivity contribution < 1.29 is 27.4 Å². The number of aldehydes is 1. The van der Waals surface area contributed by atoms with Crippen molar-refractivity contribution in [3.8, 4) is 11.5 Å².